The normalized spacial score (nSPS) is 14.5. The van der Waals surface area contributed by atoms with Crippen molar-refractivity contribution in [1.29, 1.82) is 0 Å². The summed E-state index contributed by atoms with van der Waals surface area (Å²) >= 11 is 6.13. The third kappa shape index (κ3) is 3.59. The summed E-state index contributed by atoms with van der Waals surface area (Å²) in [4.78, 5) is 13.9. The van der Waals surface area contributed by atoms with Crippen LogP contribution in [0.4, 0.5) is 11.5 Å². The van der Waals surface area contributed by atoms with Crippen LogP contribution in [0.2, 0.25) is 5.02 Å². The fourth-order valence-corrected chi connectivity index (χ4v) is 4.35. The molecule has 0 saturated carbocycles. The second-order valence-electron chi connectivity index (χ2n) is 7.63. The number of hydrogen-bond donors (Lipinski definition) is 0. The molecule has 1 aliphatic rings. The van der Waals surface area contributed by atoms with Crippen LogP contribution in [0, 0.1) is 6.92 Å². The summed E-state index contributed by atoms with van der Waals surface area (Å²) in [7, 11) is 0. The van der Waals surface area contributed by atoms with Crippen molar-refractivity contribution in [3.05, 3.63) is 77.2 Å². The molecule has 0 atom stereocenters. The largest absolute Gasteiger partial charge is 0.368 e. The highest BCUT2D eigenvalue weighted by molar-refractivity contribution is 6.30. The van der Waals surface area contributed by atoms with Crippen LogP contribution in [0.3, 0.4) is 0 Å². The Morgan fingerprint density at radius 1 is 0.933 bits per heavy atom. The van der Waals surface area contributed by atoms with E-state index in [9.17, 15) is 0 Å². The van der Waals surface area contributed by atoms with Gasteiger partial charge in [-0.2, -0.15) is 5.10 Å². The predicted molar refractivity (Wildman–Crippen MR) is 121 cm³/mol. The molecule has 0 bridgehead atoms. The van der Waals surface area contributed by atoms with Crippen LogP contribution in [-0.4, -0.2) is 45.9 Å². The summed E-state index contributed by atoms with van der Waals surface area (Å²) in [5.74, 6) is 0.960. The molecule has 152 valence electrons. The van der Waals surface area contributed by atoms with Crippen molar-refractivity contribution in [1.82, 2.24) is 19.7 Å². The van der Waals surface area contributed by atoms with Crippen molar-refractivity contribution >= 4 is 34.1 Å². The zero-order valence-corrected chi connectivity index (χ0v) is 17.6. The number of hydrogen-bond acceptors (Lipinski definition) is 5. The Morgan fingerprint density at radius 3 is 2.53 bits per heavy atom. The lowest BCUT2D eigenvalue weighted by Gasteiger charge is -2.37. The maximum atomic E-state index is 6.13. The number of aromatic nitrogens is 4. The molecule has 2 aromatic heterocycles. The second kappa shape index (κ2) is 7.95. The van der Waals surface area contributed by atoms with Gasteiger partial charge in [0, 0.05) is 36.9 Å². The number of aryl methyl sites for hydroxylation is 1. The minimum atomic E-state index is 0.627. The first-order valence-corrected chi connectivity index (χ1v) is 10.5. The third-order valence-electron chi connectivity index (χ3n) is 5.67. The van der Waals surface area contributed by atoms with E-state index in [1.54, 1.807) is 6.33 Å². The lowest BCUT2D eigenvalue weighted by Crippen LogP contribution is -2.47. The van der Waals surface area contributed by atoms with Crippen molar-refractivity contribution in [3.63, 3.8) is 0 Å². The monoisotopic (exact) mass is 418 g/mol. The molecule has 0 N–H and O–H groups in total. The average molecular weight is 419 g/mol. The minimum Gasteiger partial charge on any atom is -0.368 e. The van der Waals surface area contributed by atoms with Crippen LogP contribution in [-0.2, 0) is 6.54 Å². The predicted octanol–water partition coefficient (Wildman–Crippen LogP) is 4.16. The van der Waals surface area contributed by atoms with Gasteiger partial charge in [-0.15, -0.1) is 0 Å². The SMILES string of the molecule is Cc1ccccc1N1CCN(c2ncnc3c2cnn3Cc2cccc(Cl)c2)CC1. The van der Waals surface area contributed by atoms with E-state index in [-0.39, 0.29) is 0 Å². The highest BCUT2D eigenvalue weighted by Gasteiger charge is 2.22. The van der Waals surface area contributed by atoms with Crippen molar-refractivity contribution in [2.45, 2.75) is 13.5 Å². The quantitative estimate of drug-likeness (QED) is 0.498. The molecule has 1 aliphatic heterocycles. The van der Waals surface area contributed by atoms with E-state index in [4.69, 9.17) is 11.6 Å². The molecular weight excluding hydrogens is 396 g/mol. The van der Waals surface area contributed by atoms with Gasteiger partial charge < -0.3 is 9.80 Å². The molecule has 0 unspecified atom stereocenters. The van der Waals surface area contributed by atoms with E-state index in [1.165, 1.54) is 11.3 Å². The molecule has 0 aliphatic carbocycles. The summed E-state index contributed by atoms with van der Waals surface area (Å²) in [5.41, 5.74) is 4.58. The van der Waals surface area contributed by atoms with Crippen LogP contribution < -0.4 is 9.80 Å². The Hall–Kier alpha value is -3.12. The van der Waals surface area contributed by atoms with Crippen LogP contribution >= 0.6 is 11.6 Å². The summed E-state index contributed by atoms with van der Waals surface area (Å²) in [6.07, 6.45) is 3.52. The van der Waals surface area contributed by atoms with Gasteiger partial charge >= 0.3 is 0 Å². The van der Waals surface area contributed by atoms with E-state index in [0.717, 1.165) is 53.6 Å². The number of halogens is 1. The molecule has 5 rings (SSSR count). The first kappa shape index (κ1) is 18.9. The number of benzene rings is 2. The topological polar surface area (TPSA) is 50.1 Å². The van der Waals surface area contributed by atoms with Gasteiger partial charge in [-0.3, -0.25) is 0 Å². The van der Waals surface area contributed by atoms with E-state index in [2.05, 4.69) is 56.1 Å². The molecular formula is C23H23ClN6. The van der Waals surface area contributed by atoms with Crippen molar-refractivity contribution < 1.29 is 0 Å². The zero-order valence-electron chi connectivity index (χ0n) is 16.9. The first-order chi connectivity index (χ1) is 14.7. The lowest BCUT2D eigenvalue weighted by molar-refractivity contribution is 0.647. The van der Waals surface area contributed by atoms with E-state index in [1.807, 2.05) is 35.1 Å². The van der Waals surface area contributed by atoms with Gasteiger partial charge in [0.2, 0.25) is 0 Å². The Balaban J connectivity index is 1.37. The Kier molecular flexibility index (Phi) is 5.01. The van der Waals surface area contributed by atoms with Gasteiger partial charge in [-0.05, 0) is 36.2 Å². The number of nitrogens with zero attached hydrogens (tertiary/aromatic N) is 6. The Labute approximate surface area is 180 Å². The van der Waals surface area contributed by atoms with Gasteiger partial charge in [0.05, 0.1) is 18.1 Å². The van der Waals surface area contributed by atoms with Gasteiger partial charge in [0.1, 0.15) is 12.1 Å². The first-order valence-electron chi connectivity index (χ1n) is 10.2. The van der Waals surface area contributed by atoms with Crippen LogP contribution in [0.1, 0.15) is 11.1 Å². The summed E-state index contributed by atoms with van der Waals surface area (Å²) in [6.45, 7) is 6.56. The highest BCUT2D eigenvalue weighted by Crippen LogP contribution is 2.26. The molecule has 30 heavy (non-hydrogen) atoms. The molecule has 2 aromatic carbocycles. The Bertz CT molecular complexity index is 1180. The van der Waals surface area contributed by atoms with Crippen molar-refractivity contribution in [2.75, 3.05) is 36.0 Å². The van der Waals surface area contributed by atoms with Crippen molar-refractivity contribution in [2.24, 2.45) is 0 Å². The zero-order chi connectivity index (χ0) is 20.5. The number of fused-ring (bicyclic) bond motifs is 1. The Morgan fingerprint density at radius 2 is 1.73 bits per heavy atom. The number of anilines is 2. The molecule has 7 heteroatoms. The molecule has 3 heterocycles. The highest BCUT2D eigenvalue weighted by atomic mass is 35.5. The van der Waals surface area contributed by atoms with Crippen LogP contribution in [0.15, 0.2) is 61.1 Å². The fourth-order valence-electron chi connectivity index (χ4n) is 4.13. The summed E-state index contributed by atoms with van der Waals surface area (Å²) in [6, 6.07) is 16.4. The van der Waals surface area contributed by atoms with Gasteiger partial charge in [-0.1, -0.05) is 41.9 Å². The molecule has 0 amide bonds. The van der Waals surface area contributed by atoms with E-state index < -0.39 is 0 Å². The van der Waals surface area contributed by atoms with Gasteiger partial charge in [0.25, 0.3) is 0 Å². The molecule has 0 radical (unpaired) electrons. The summed E-state index contributed by atoms with van der Waals surface area (Å²) < 4.78 is 1.91. The van der Waals surface area contributed by atoms with Crippen LogP contribution in [0.25, 0.3) is 11.0 Å². The number of piperazine rings is 1. The van der Waals surface area contributed by atoms with Crippen molar-refractivity contribution in [3.8, 4) is 0 Å². The van der Waals surface area contributed by atoms with E-state index in [0.29, 0.717) is 6.54 Å². The molecule has 1 fully saturated rings. The average Bonchev–Trinajstić information content (AvgIpc) is 3.17. The maximum Gasteiger partial charge on any atom is 0.163 e. The minimum absolute atomic E-state index is 0.627. The second-order valence-corrected chi connectivity index (χ2v) is 8.06. The van der Waals surface area contributed by atoms with Crippen LogP contribution in [0.5, 0.6) is 0 Å². The fraction of sp³-hybridized carbons (Fsp3) is 0.261. The number of para-hydroxylation sites is 1. The molecule has 4 aromatic rings. The lowest BCUT2D eigenvalue weighted by atomic mass is 10.1. The molecule has 6 nitrogen and oxygen atoms in total. The van der Waals surface area contributed by atoms with Gasteiger partial charge in [-0.25, -0.2) is 14.6 Å². The molecule has 1 saturated heterocycles. The maximum absolute atomic E-state index is 6.13. The molecule has 0 spiro atoms. The van der Waals surface area contributed by atoms with E-state index >= 15 is 0 Å². The third-order valence-corrected chi connectivity index (χ3v) is 5.90. The standard InChI is InChI=1S/C23H23ClN6/c1-17-5-2-3-8-21(17)28-9-11-29(12-10-28)22-20-14-27-30(23(20)26-16-25-22)15-18-6-4-7-19(24)13-18/h2-8,13-14,16H,9-12,15H2,1H3. The van der Waals surface area contributed by atoms with Gasteiger partial charge in [0.15, 0.2) is 5.65 Å². The smallest absolute Gasteiger partial charge is 0.163 e. The number of rotatable bonds is 4. The summed E-state index contributed by atoms with van der Waals surface area (Å²) in [5, 5.41) is 6.30.